The quantitative estimate of drug-likeness (QED) is 0.834. The molecule has 0 aliphatic heterocycles. The van der Waals surface area contributed by atoms with E-state index in [1.54, 1.807) is 0 Å². The number of amides is 1. The summed E-state index contributed by atoms with van der Waals surface area (Å²) in [5.41, 5.74) is 2.32. The maximum Gasteiger partial charge on any atom is 0.228 e. The highest BCUT2D eigenvalue weighted by Gasteiger charge is 2.06. The van der Waals surface area contributed by atoms with Gasteiger partial charge >= 0.3 is 0 Å². The Morgan fingerprint density at radius 3 is 2.71 bits per heavy atom. The number of carbonyl (C=O) groups excluding carboxylic acids is 1. The van der Waals surface area contributed by atoms with Crippen molar-refractivity contribution in [1.29, 1.82) is 0 Å². The zero-order chi connectivity index (χ0) is 12.3. The van der Waals surface area contributed by atoms with E-state index in [0.717, 1.165) is 11.4 Å². The van der Waals surface area contributed by atoms with E-state index in [1.807, 2.05) is 26.0 Å². The highest BCUT2D eigenvalue weighted by Crippen LogP contribution is 2.08. The molecule has 0 aliphatic carbocycles. The van der Waals surface area contributed by atoms with Gasteiger partial charge in [0, 0.05) is 24.4 Å². The predicted molar refractivity (Wildman–Crippen MR) is 63.5 cm³/mol. The molecule has 0 saturated carbocycles. The second-order valence-electron chi connectivity index (χ2n) is 3.90. The third kappa shape index (κ3) is 2.72. The molecule has 0 saturated heterocycles. The Hall–Kier alpha value is -2.11. The third-order valence-electron chi connectivity index (χ3n) is 2.65. The molecule has 0 aliphatic rings. The van der Waals surface area contributed by atoms with E-state index in [-0.39, 0.29) is 5.91 Å². The normalized spacial score (nSPS) is 10.5. The fraction of sp³-hybridized carbons (Fsp3) is 0.364. The molecule has 17 heavy (non-hydrogen) atoms. The Balaban J connectivity index is 1.88. The lowest BCUT2D eigenvalue weighted by molar-refractivity contribution is -0.116. The number of nitrogens with one attached hydrogen (secondary N) is 2. The van der Waals surface area contributed by atoms with Crippen molar-refractivity contribution in [3.8, 4) is 0 Å². The Labute approximate surface area is 99.1 Å². The standard InChI is InChI=1S/C11H15N5O/c1-8-3-4-9(2)16(8)6-5-10(17)14-11-12-7-13-15-11/h3-4,7H,5-6H2,1-2H3,(H2,12,13,14,15,17). The van der Waals surface area contributed by atoms with Gasteiger partial charge in [-0.3, -0.25) is 10.1 Å². The number of anilines is 1. The van der Waals surface area contributed by atoms with E-state index in [4.69, 9.17) is 0 Å². The summed E-state index contributed by atoms with van der Waals surface area (Å²) in [6, 6.07) is 4.09. The number of H-pyrrole nitrogens is 1. The molecule has 6 heteroatoms. The fourth-order valence-corrected chi connectivity index (χ4v) is 1.73. The fourth-order valence-electron chi connectivity index (χ4n) is 1.73. The van der Waals surface area contributed by atoms with Gasteiger partial charge in [0.2, 0.25) is 11.9 Å². The van der Waals surface area contributed by atoms with Gasteiger partial charge in [0.25, 0.3) is 0 Å². The van der Waals surface area contributed by atoms with E-state index in [0.29, 0.717) is 18.9 Å². The van der Waals surface area contributed by atoms with Crippen molar-refractivity contribution in [3.05, 3.63) is 29.8 Å². The average molecular weight is 233 g/mol. The van der Waals surface area contributed by atoms with Crippen LogP contribution in [0.2, 0.25) is 0 Å². The van der Waals surface area contributed by atoms with Crippen LogP contribution in [0.25, 0.3) is 0 Å². The highest BCUT2D eigenvalue weighted by molar-refractivity contribution is 5.88. The molecule has 2 aromatic rings. The Kier molecular flexibility index (Phi) is 3.22. The molecular weight excluding hydrogens is 218 g/mol. The summed E-state index contributed by atoms with van der Waals surface area (Å²) in [4.78, 5) is 15.4. The van der Waals surface area contributed by atoms with E-state index in [1.165, 1.54) is 6.33 Å². The smallest absolute Gasteiger partial charge is 0.228 e. The number of nitrogens with zero attached hydrogens (tertiary/aromatic N) is 3. The van der Waals surface area contributed by atoms with Crippen LogP contribution in [-0.4, -0.2) is 25.7 Å². The SMILES string of the molecule is Cc1ccc(C)n1CCC(=O)Nc1ncn[nH]1. The number of carbonyl (C=O) groups is 1. The molecule has 90 valence electrons. The van der Waals surface area contributed by atoms with Gasteiger partial charge in [-0.1, -0.05) is 0 Å². The van der Waals surface area contributed by atoms with E-state index in [9.17, 15) is 4.79 Å². The van der Waals surface area contributed by atoms with Crippen LogP contribution >= 0.6 is 0 Å². The van der Waals surface area contributed by atoms with Gasteiger partial charge in [0.1, 0.15) is 6.33 Å². The van der Waals surface area contributed by atoms with Crippen molar-refractivity contribution < 1.29 is 4.79 Å². The summed E-state index contributed by atoms with van der Waals surface area (Å²) in [7, 11) is 0. The first-order chi connectivity index (χ1) is 8.16. The summed E-state index contributed by atoms with van der Waals surface area (Å²) < 4.78 is 2.11. The van der Waals surface area contributed by atoms with Gasteiger partial charge in [-0.25, -0.2) is 5.10 Å². The van der Waals surface area contributed by atoms with Gasteiger partial charge in [0.15, 0.2) is 0 Å². The van der Waals surface area contributed by atoms with E-state index in [2.05, 4.69) is 25.1 Å². The number of aromatic amines is 1. The minimum Gasteiger partial charge on any atom is -0.349 e. The summed E-state index contributed by atoms with van der Waals surface area (Å²) in [6.07, 6.45) is 1.77. The van der Waals surface area contributed by atoms with Crippen LogP contribution in [0.5, 0.6) is 0 Å². The molecule has 0 spiro atoms. The molecule has 0 aromatic carbocycles. The number of rotatable bonds is 4. The lowest BCUT2D eigenvalue weighted by Gasteiger charge is -2.08. The molecule has 0 radical (unpaired) electrons. The van der Waals surface area contributed by atoms with Gasteiger partial charge in [-0.15, -0.1) is 0 Å². The number of aryl methyl sites for hydroxylation is 2. The molecule has 0 bridgehead atoms. The van der Waals surface area contributed by atoms with Crippen molar-refractivity contribution in [2.45, 2.75) is 26.8 Å². The van der Waals surface area contributed by atoms with Crippen LogP contribution in [-0.2, 0) is 11.3 Å². The van der Waals surface area contributed by atoms with Gasteiger partial charge in [-0.05, 0) is 26.0 Å². The Morgan fingerprint density at radius 1 is 1.41 bits per heavy atom. The van der Waals surface area contributed by atoms with Crippen LogP contribution in [0.4, 0.5) is 5.95 Å². The zero-order valence-corrected chi connectivity index (χ0v) is 9.90. The maximum absolute atomic E-state index is 11.6. The molecule has 2 N–H and O–H groups in total. The lowest BCUT2D eigenvalue weighted by Crippen LogP contribution is -2.16. The Bertz CT molecular complexity index is 480. The molecule has 2 heterocycles. The zero-order valence-electron chi connectivity index (χ0n) is 9.90. The molecular formula is C11H15N5O. The van der Waals surface area contributed by atoms with Crippen LogP contribution in [0.3, 0.4) is 0 Å². The predicted octanol–water partition coefficient (Wildman–Crippen LogP) is 1.25. The first-order valence-corrected chi connectivity index (χ1v) is 5.45. The van der Waals surface area contributed by atoms with E-state index < -0.39 is 0 Å². The molecule has 0 unspecified atom stereocenters. The topological polar surface area (TPSA) is 75.6 Å². The lowest BCUT2D eigenvalue weighted by atomic mass is 10.3. The van der Waals surface area contributed by atoms with Gasteiger partial charge in [-0.2, -0.15) is 10.1 Å². The van der Waals surface area contributed by atoms with Crippen LogP contribution < -0.4 is 5.32 Å². The van der Waals surface area contributed by atoms with Gasteiger partial charge < -0.3 is 4.57 Å². The number of aromatic nitrogens is 4. The minimum absolute atomic E-state index is 0.0748. The van der Waals surface area contributed by atoms with Crippen molar-refractivity contribution in [2.24, 2.45) is 0 Å². The number of hydrogen-bond donors (Lipinski definition) is 2. The van der Waals surface area contributed by atoms with Crippen molar-refractivity contribution in [3.63, 3.8) is 0 Å². The molecule has 2 rings (SSSR count). The second kappa shape index (κ2) is 4.82. The first kappa shape index (κ1) is 11.4. The number of hydrogen-bond acceptors (Lipinski definition) is 3. The maximum atomic E-state index is 11.6. The van der Waals surface area contributed by atoms with Crippen molar-refractivity contribution in [2.75, 3.05) is 5.32 Å². The Morgan fingerprint density at radius 2 is 2.12 bits per heavy atom. The third-order valence-corrected chi connectivity index (χ3v) is 2.65. The van der Waals surface area contributed by atoms with Crippen LogP contribution in [0, 0.1) is 13.8 Å². The van der Waals surface area contributed by atoms with E-state index >= 15 is 0 Å². The van der Waals surface area contributed by atoms with Crippen molar-refractivity contribution >= 4 is 11.9 Å². The monoisotopic (exact) mass is 233 g/mol. The summed E-state index contributed by atoms with van der Waals surface area (Å²) >= 11 is 0. The largest absolute Gasteiger partial charge is 0.349 e. The molecule has 0 atom stereocenters. The van der Waals surface area contributed by atoms with Crippen LogP contribution in [0.15, 0.2) is 18.5 Å². The molecule has 1 amide bonds. The van der Waals surface area contributed by atoms with Crippen LogP contribution in [0.1, 0.15) is 17.8 Å². The molecule has 6 nitrogen and oxygen atoms in total. The molecule has 2 aromatic heterocycles. The summed E-state index contributed by atoms with van der Waals surface area (Å²) in [5.74, 6) is 0.310. The average Bonchev–Trinajstić information content (AvgIpc) is 2.88. The highest BCUT2D eigenvalue weighted by atomic mass is 16.1. The molecule has 0 fully saturated rings. The summed E-state index contributed by atoms with van der Waals surface area (Å²) in [5, 5.41) is 8.88. The first-order valence-electron chi connectivity index (χ1n) is 5.45. The second-order valence-corrected chi connectivity index (χ2v) is 3.90. The van der Waals surface area contributed by atoms with Crippen molar-refractivity contribution in [1.82, 2.24) is 19.7 Å². The minimum atomic E-state index is -0.0748. The summed E-state index contributed by atoms with van der Waals surface area (Å²) in [6.45, 7) is 4.73. The van der Waals surface area contributed by atoms with Gasteiger partial charge in [0.05, 0.1) is 0 Å².